The van der Waals surface area contributed by atoms with E-state index < -0.39 is 0 Å². The minimum atomic E-state index is 0.283. The monoisotopic (exact) mass is 155 g/mol. The highest BCUT2D eigenvalue weighted by Crippen LogP contribution is 1.98. The van der Waals surface area contributed by atoms with E-state index in [1.807, 2.05) is 6.92 Å². The Balaban J connectivity index is 3.14. The number of carbonyl (C=O) groups is 1. The number of hydrogen-bond acceptors (Lipinski definition) is 2. The molecule has 0 aromatic rings. The van der Waals surface area contributed by atoms with Gasteiger partial charge in [0.05, 0.1) is 0 Å². The van der Waals surface area contributed by atoms with Gasteiger partial charge in [0.15, 0.2) is 0 Å². The number of unbranched alkanes of at least 4 members (excludes halogenated alkanes) is 1. The quantitative estimate of drug-likeness (QED) is 0.251. The molecule has 0 N–H and O–H groups in total. The normalized spacial score (nSPS) is 8.82. The molecule has 0 heterocycles. The largest absolute Gasteiger partial charge is 0.300 e. The first-order chi connectivity index (χ1) is 5.31. The molecule has 0 radical (unpaired) electrons. The lowest BCUT2D eigenvalue weighted by molar-refractivity contribution is -0.118. The summed E-state index contributed by atoms with van der Waals surface area (Å²) in [6.07, 6.45) is 2.89. The molecular weight excluding hydrogens is 142 g/mol. The molecule has 0 unspecified atom stereocenters. The summed E-state index contributed by atoms with van der Waals surface area (Å²) in [6.45, 7) is 2.36. The highest BCUT2D eigenvalue weighted by atomic mass is 16.1. The lowest BCUT2D eigenvalue weighted by Gasteiger charge is -1.94. The van der Waals surface area contributed by atoms with Gasteiger partial charge in [0, 0.05) is 24.3 Å². The molecule has 4 nitrogen and oxygen atoms in total. The molecule has 0 bridgehead atoms. The van der Waals surface area contributed by atoms with Gasteiger partial charge in [-0.1, -0.05) is 12.0 Å². The van der Waals surface area contributed by atoms with E-state index in [-0.39, 0.29) is 5.78 Å². The predicted molar refractivity (Wildman–Crippen MR) is 43.2 cm³/mol. The molecule has 0 saturated heterocycles. The first-order valence-corrected chi connectivity index (χ1v) is 3.83. The fraction of sp³-hybridized carbons (Fsp3) is 0.857. The number of rotatable bonds is 6. The van der Waals surface area contributed by atoms with E-state index in [1.165, 1.54) is 0 Å². The molecule has 0 saturated carbocycles. The van der Waals surface area contributed by atoms with Crippen molar-refractivity contribution in [1.29, 1.82) is 0 Å². The number of ketones is 1. The Morgan fingerprint density at radius 2 is 2.27 bits per heavy atom. The van der Waals surface area contributed by atoms with E-state index in [0.29, 0.717) is 19.4 Å². The number of nitrogens with zero attached hydrogens (tertiary/aromatic N) is 3. The van der Waals surface area contributed by atoms with Gasteiger partial charge in [0.2, 0.25) is 0 Å². The molecule has 0 rings (SSSR count). The highest BCUT2D eigenvalue weighted by Gasteiger charge is 1.95. The average Bonchev–Trinajstić information content (AvgIpc) is 2.04. The Labute approximate surface area is 66.2 Å². The maximum atomic E-state index is 10.7. The van der Waals surface area contributed by atoms with Crippen LogP contribution in [0.25, 0.3) is 10.4 Å². The third kappa shape index (κ3) is 6.87. The third-order valence-electron chi connectivity index (χ3n) is 1.42. The molecule has 0 amide bonds. The van der Waals surface area contributed by atoms with Crippen LogP contribution in [0.1, 0.15) is 32.6 Å². The van der Waals surface area contributed by atoms with E-state index in [0.717, 1.165) is 12.8 Å². The molecule has 0 aliphatic heterocycles. The molecule has 62 valence electrons. The minimum absolute atomic E-state index is 0.283. The zero-order chi connectivity index (χ0) is 8.53. The van der Waals surface area contributed by atoms with Crippen molar-refractivity contribution in [3.05, 3.63) is 10.4 Å². The van der Waals surface area contributed by atoms with Crippen molar-refractivity contribution < 1.29 is 4.79 Å². The van der Waals surface area contributed by atoms with Crippen molar-refractivity contribution in [3.8, 4) is 0 Å². The molecule has 0 aliphatic rings. The second kappa shape index (κ2) is 7.09. The molecule has 0 spiro atoms. The second-order valence-corrected chi connectivity index (χ2v) is 2.30. The van der Waals surface area contributed by atoms with Gasteiger partial charge in [-0.25, -0.2) is 0 Å². The van der Waals surface area contributed by atoms with Crippen molar-refractivity contribution >= 4 is 5.78 Å². The van der Waals surface area contributed by atoms with Crippen molar-refractivity contribution in [3.63, 3.8) is 0 Å². The summed E-state index contributed by atoms with van der Waals surface area (Å²) >= 11 is 0. The van der Waals surface area contributed by atoms with Crippen LogP contribution in [0.15, 0.2) is 5.11 Å². The number of Topliss-reactive ketones (excluding diaryl/α,β-unsaturated/α-hetero) is 1. The van der Waals surface area contributed by atoms with Gasteiger partial charge in [0.25, 0.3) is 0 Å². The van der Waals surface area contributed by atoms with Crippen LogP contribution in [0.5, 0.6) is 0 Å². The lowest BCUT2D eigenvalue weighted by atomic mass is 10.1. The summed E-state index contributed by atoms with van der Waals surface area (Å²) in [5.74, 6) is 0.283. The predicted octanol–water partition coefficient (Wildman–Crippen LogP) is 2.45. The number of carbonyl (C=O) groups excluding carboxylic acids is 1. The smallest absolute Gasteiger partial charge is 0.132 e. The first-order valence-electron chi connectivity index (χ1n) is 3.83. The highest BCUT2D eigenvalue weighted by molar-refractivity contribution is 5.77. The van der Waals surface area contributed by atoms with E-state index in [1.54, 1.807) is 0 Å². The molecule has 0 fully saturated rings. The summed E-state index contributed by atoms with van der Waals surface area (Å²) in [5, 5.41) is 3.36. The van der Waals surface area contributed by atoms with E-state index in [2.05, 4.69) is 10.0 Å². The molecule has 4 heteroatoms. The van der Waals surface area contributed by atoms with E-state index in [4.69, 9.17) is 5.53 Å². The van der Waals surface area contributed by atoms with Gasteiger partial charge in [-0.05, 0) is 18.4 Å². The summed E-state index contributed by atoms with van der Waals surface area (Å²) in [6, 6.07) is 0. The maximum absolute atomic E-state index is 10.7. The van der Waals surface area contributed by atoms with Crippen molar-refractivity contribution in [2.45, 2.75) is 32.6 Å². The SMILES string of the molecule is CCC(=O)CCCCN=[N+]=[N-]. The number of azide groups is 1. The molecule has 0 aliphatic carbocycles. The van der Waals surface area contributed by atoms with Gasteiger partial charge in [0.1, 0.15) is 5.78 Å². The van der Waals surface area contributed by atoms with Crippen LogP contribution in [0.3, 0.4) is 0 Å². The fourth-order valence-electron chi connectivity index (χ4n) is 0.726. The minimum Gasteiger partial charge on any atom is -0.300 e. The summed E-state index contributed by atoms with van der Waals surface area (Å²) in [7, 11) is 0. The zero-order valence-electron chi connectivity index (χ0n) is 6.79. The maximum Gasteiger partial charge on any atom is 0.132 e. The van der Waals surface area contributed by atoms with Crippen LogP contribution in [0, 0.1) is 0 Å². The molecule has 0 aromatic heterocycles. The van der Waals surface area contributed by atoms with Crippen LogP contribution in [0.2, 0.25) is 0 Å². The van der Waals surface area contributed by atoms with Gasteiger partial charge in [-0.15, -0.1) is 0 Å². The van der Waals surface area contributed by atoms with Gasteiger partial charge in [-0.2, -0.15) is 0 Å². The summed E-state index contributed by atoms with van der Waals surface area (Å²) in [5.41, 5.74) is 7.91. The Hall–Kier alpha value is -1.02. The van der Waals surface area contributed by atoms with Crippen LogP contribution >= 0.6 is 0 Å². The van der Waals surface area contributed by atoms with Gasteiger partial charge < -0.3 is 0 Å². The van der Waals surface area contributed by atoms with Crippen LogP contribution in [-0.4, -0.2) is 12.3 Å². The van der Waals surface area contributed by atoms with Crippen LogP contribution in [-0.2, 0) is 4.79 Å². The third-order valence-corrected chi connectivity index (χ3v) is 1.42. The van der Waals surface area contributed by atoms with Crippen LogP contribution in [0.4, 0.5) is 0 Å². The Morgan fingerprint density at radius 3 is 2.82 bits per heavy atom. The average molecular weight is 155 g/mol. The molecule has 0 aromatic carbocycles. The first kappa shape index (κ1) is 9.98. The molecular formula is C7H13N3O. The Morgan fingerprint density at radius 1 is 1.55 bits per heavy atom. The van der Waals surface area contributed by atoms with Gasteiger partial charge >= 0.3 is 0 Å². The van der Waals surface area contributed by atoms with Crippen molar-refractivity contribution in [1.82, 2.24) is 0 Å². The zero-order valence-corrected chi connectivity index (χ0v) is 6.79. The summed E-state index contributed by atoms with van der Waals surface area (Å²) in [4.78, 5) is 13.4. The fourth-order valence-corrected chi connectivity index (χ4v) is 0.726. The second-order valence-electron chi connectivity index (χ2n) is 2.30. The van der Waals surface area contributed by atoms with E-state index >= 15 is 0 Å². The van der Waals surface area contributed by atoms with Crippen LogP contribution < -0.4 is 0 Å². The Kier molecular flexibility index (Phi) is 6.43. The standard InChI is InChI=1S/C7H13N3O/c1-2-7(11)5-3-4-6-9-10-8/h2-6H2,1H3. The molecule has 0 atom stereocenters. The lowest BCUT2D eigenvalue weighted by Crippen LogP contribution is -1.94. The number of hydrogen-bond donors (Lipinski definition) is 0. The Bertz CT molecular complexity index is 161. The van der Waals surface area contributed by atoms with Crippen molar-refractivity contribution in [2.75, 3.05) is 6.54 Å². The van der Waals surface area contributed by atoms with E-state index in [9.17, 15) is 4.79 Å². The topological polar surface area (TPSA) is 65.8 Å². The summed E-state index contributed by atoms with van der Waals surface area (Å²) < 4.78 is 0. The molecule has 11 heavy (non-hydrogen) atoms. The van der Waals surface area contributed by atoms with Crippen molar-refractivity contribution in [2.24, 2.45) is 5.11 Å². The van der Waals surface area contributed by atoms with Gasteiger partial charge in [-0.3, -0.25) is 4.79 Å².